The van der Waals surface area contributed by atoms with Crippen LogP contribution in [0.25, 0.3) is 0 Å². The highest BCUT2D eigenvalue weighted by atomic mass is 16.7. The van der Waals surface area contributed by atoms with Gasteiger partial charge in [0.1, 0.15) is 0 Å². The number of rotatable bonds is 1. The second-order valence-corrected chi connectivity index (χ2v) is 5.35. The molecule has 0 radical (unpaired) electrons. The lowest BCUT2D eigenvalue weighted by Crippen LogP contribution is -2.59. The van der Waals surface area contributed by atoms with Gasteiger partial charge in [-0.15, -0.1) is 0 Å². The van der Waals surface area contributed by atoms with Crippen LogP contribution in [0.4, 0.5) is 0 Å². The summed E-state index contributed by atoms with van der Waals surface area (Å²) in [4.78, 5) is 5.46. The van der Waals surface area contributed by atoms with Crippen molar-refractivity contribution >= 4 is 0 Å². The molecule has 0 saturated carbocycles. The average Bonchev–Trinajstić information content (AvgIpc) is 2.00. The van der Waals surface area contributed by atoms with Gasteiger partial charge >= 0.3 is 0 Å². The standard InChI is InChI=1S/C12H20NO/c1-7-10-8-11(2,3)13(14-6)12(4,5)9-10/h10H,8-9H2,2-6H3/q-1. The van der Waals surface area contributed by atoms with Crippen molar-refractivity contribution < 1.29 is 4.84 Å². The molecule has 2 nitrogen and oxygen atoms in total. The van der Waals surface area contributed by atoms with Crippen LogP contribution in [0, 0.1) is 18.3 Å². The van der Waals surface area contributed by atoms with Crippen molar-refractivity contribution in [2.75, 3.05) is 7.11 Å². The van der Waals surface area contributed by atoms with Gasteiger partial charge in [0, 0.05) is 11.1 Å². The van der Waals surface area contributed by atoms with Crippen LogP contribution < -0.4 is 0 Å². The van der Waals surface area contributed by atoms with Gasteiger partial charge in [0.05, 0.1) is 7.11 Å². The number of hydroxylamine groups is 2. The Hall–Kier alpha value is -0.520. The minimum Gasteiger partial charge on any atom is -0.693 e. The Morgan fingerprint density at radius 1 is 1.21 bits per heavy atom. The summed E-state index contributed by atoms with van der Waals surface area (Å²) >= 11 is 0. The molecule has 1 fully saturated rings. The van der Waals surface area contributed by atoms with E-state index in [0.717, 1.165) is 12.8 Å². The first-order chi connectivity index (χ1) is 6.33. The van der Waals surface area contributed by atoms with Crippen LogP contribution >= 0.6 is 0 Å². The van der Waals surface area contributed by atoms with Crippen LogP contribution in [-0.2, 0) is 4.84 Å². The van der Waals surface area contributed by atoms with Crippen LogP contribution in [0.5, 0.6) is 0 Å². The molecule has 1 saturated heterocycles. The highest BCUT2D eigenvalue weighted by Gasteiger charge is 2.44. The summed E-state index contributed by atoms with van der Waals surface area (Å²) in [5.41, 5.74) is -0.0373. The summed E-state index contributed by atoms with van der Waals surface area (Å²) < 4.78 is 0. The number of nitrogens with zero attached hydrogens (tertiary/aromatic N) is 1. The van der Waals surface area contributed by atoms with Crippen LogP contribution in [0.2, 0.25) is 0 Å². The van der Waals surface area contributed by atoms with Gasteiger partial charge in [0.2, 0.25) is 0 Å². The van der Waals surface area contributed by atoms with E-state index in [1.165, 1.54) is 0 Å². The smallest absolute Gasteiger partial charge is 0.0575 e. The van der Waals surface area contributed by atoms with E-state index in [2.05, 4.69) is 33.6 Å². The summed E-state index contributed by atoms with van der Waals surface area (Å²) in [6.45, 7) is 8.62. The predicted octanol–water partition coefficient (Wildman–Crippen LogP) is 2.41. The predicted molar refractivity (Wildman–Crippen MR) is 56.9 cm³/mol. The van der Waals surface area contributed by atoms with E-state index >= 15 is 0 Å². The van der Waals surface area contributed by atoms with E-state index in [0.29, 0.717) is 0 Å². The molecule has 0 spiro atoms. The van der Waals surface area contributed by atoms with E-state index in [1.54, 1.807) is 7.11 Å². The Balaban J connectivity index is 2.94. The normalized spacial score (nSPS) is 27.1. The molecule has 0 aromatic carbocycles. The number of hydrogen-bond acceptors (Lipinski definition) is 2. The topological polar surface area (TPSA) is 12.5 Å². The van der Waals surface area contributed by atoms with Crippen molar-refractivity contribution in [2.45, 2.75) is 51.6 Å². The number of hydrogen-bond donors (Lipinski definition) is 0. The van der Waals surface area contributed by atoms with Gasteiger partial charge in [-0.05, 0) is 46.5 Å². The van der Waals surface area contributed by atoms with E-state index < -0.39 is 0 Å². The maximum absolute atomic E-state index is 7.26. The Kier molecular flexibility index (Phi) is 2.94. The van der Waals surface area contributed by atoms with Gasteiger partial charge < -0.3 is 17.2 Å². The Morgan fingerprint density at radius 3 is 1.93 bits per heavy atom. The Bertz CT molecular complexity index is 232. The maximum Gasteiger partial charge on any atom is 0.0575 e. The second kappa shape index (κ2) is 3.56. The highest BCUT2D eigenvalue weighted by Crippen LogP contribution is 2.40. The van der Waals surface area contributed by atoms with E-state index in [9.17, 15) is 0 Å². The fraction of sp³-hybridized carbons (Fsp3) is 0.833. The SMILES string of the molecule is [C-]#CC1CC(C)(C)N(OC)C(C)(C)C1. The van der Waals surface area contributed by atoms with E-state index in [4.69, 9.17) is 11.3 Å². The van der Waals surface area contributed by atoms with Crippen molar-refractivity contribution in [3.8, 4) is 5.92 Å². The van der Waals surface area contributed by atoms with Crippen LogP contribution in [0.3, 0.4) is 0 Å². The van der Waals surface area contributed by atoms with Gasteiger partial charge in [-0.2, -0.15) is 5.06 Å². The third-order valence-corrected chi connectivity index (χ3v) is 2.98. The molecule has 0 aromatic rings. The molecule has 0 N–H and O–H groups in total. The highest BCUT2D eigenvalue weighted by molar-refractivity contribution is 5.03. The third kappa shape index (κ3) is 1.94. The molecule has 0 bridgehead atoms. The molecule has 1 heterocycles. The van der Waals surface area contributed by atoms with E-state index in [1.807, 2.05) is 5.06 Å². The molecule has 0 atom stereocenters. The minimum absolute atomic E-state index is 0.0186. The third-order valence-electron chi connectivity index (χ3n) is 2.98. The summed E-state index contributed by atoms with van der Waals surface area (Å²) in [5.74, 6) is 2.88. The molecule has 0 aromatic heterocycles. The molecule has 1 aliphatic rings. The van der Waals surface area contributed by atoms with E-state index in [-0.39, 0.29) is 17.0 Å². The van der Waals surface area contributed by atoms with Crippen LogP contribution in [0.15, 0.2) is 0 Å². The summed E-state index contributed by atoms with van der Waals surface area (Å²) in [7, 11) is 1.72. The van der Waals surface area contributed by atoms with Crippen molar-refractivity contribution in [3.05, 3.63) is 6.42 Å². The largest absolute Gasteiger partial charge is 0.693 e. The molecular formula is C12H20NO-. The first-order valence-corrected chi connectivity index (χ1v) is 5.10. The molecule has 0 aliphatic carbocycles. The lowest BCUT2D eigenvalue weighted by Gasteiger charge is -2.53. The summed E-state index contributed by atoms with van der Waals surface area (Å²) in [6, 6.07) is 0. The number of piperidine rings is 1. The molecule has 2 heteroatoms. The van der Waals surface area contributed by atoms with Gasteiger partial charge in [-0.25, -0.2) is 0 Å². The molecular weight excluding hydrogens is 174 g/mol. The molecule has 1 aliphatic heterocycles. The zero-order chi connectivity index (χ0) is 11.0. The molecule has 1 rings (SSSR count). The van der Waals surface area contributed by atoms with Crippen molar-refractivity contribution in [2.24, 2.45) is 5.92 Å². The van der Waals surface area contributed by atoms with Crippen LogP contribution in [-0.4, -0.2) is 23.3 Å². The zero-order valence-electron chi connectivity index (χ0n) is 9.85. The Morgan fingerprint density at radius 2 is 1.64 bits per heavy atom. The zero-order valence-corrected chi connectivity index (χ0v) is 9.85. The van der Waals surface area contributed by atoms with Gasteiger partial charge in [0.25, 0.3) is 0 Å². The lowest BCUT2D eigenvalue weighted by molar-refractivity contribution is -0.268. The first kappa shape index (κ1) is 11.6. The fourth-order valence-electron chi connectivity index (χ4n) is 2.86. The van der Waals surface area contributed by atoms with Gasteiger partial charge in [0.15, 0.2) is 0 Å². The molecule has 14 heavy (non-hydrogen) atoms. The second-order valence-electron chi connectivity index (χ2n) is 5.35. The first-order valence-electron chi connectivity index (χ1n) is 5.10. The molecule has 80 valence electrons. The van der Waals surface area contributed by atoms with Crippen molar-refractivity contribution in [1.82, 2.24) is 5.06 Å². The summed E-state index contributed by atoms with van der Waals surface area (Å²) in [5, 5.41) is 2.05. The van der Waals surface area contributed by atoms with Crippen molar-refractivity contribution in [1.29, 1.82) is 0 Å². The fourth-order valence-corrected chi connectivity index (χ4v) is 2.86. The quantitative estimate of drug-likeness (QED) is 0.469. The lowest BCUT2D eigenvalue weighted by atomic mass is 9.76. The Labute approximate surface area is 87.6 Å². The van der Waals surface area contributed by atoms with Crippen molar-refractivity contribution in [3.63, 3.8) is 0 Å². The van der Waals surface area contributed by atoms with Gasteiger partial charge in [-0.1, -0.05) is 0 Å². The maximum atomic E-state index is 7.26. The molecule has 0 amide bonds. The minimum atomic E-state index is -0.0186. The molecule has 0 unspecified atom stereocenters. The summed E-state index contributed by atoms with van der Waals surface area (Å²) in [6.07, 6.45) is 9.14. The van der Waals surface area contributed by atoms with Crippen LogP contribution in [0.1, 0.15) is 40.5 Å². The van der Waals surface area contributed by atoms with Gasteiger partial charge in [-0.3, -0.25) is 0 Å². The monoisotopic (exact) mass is 194 g/mol. The average molecular weight is 194 g/mol.